The van der Waals surface area contributed by atoms with Crippen molar-refractivity contribution in [2.24, 2.45) is 4.99 Å². The zero-order valence-corrected chi connectivity index (χ0v) is 14.5. The maximum absolute atomic E-state index is 13.8. The van der Waals surface area contributed by atoms with Gasteiger partial charge in [-0.25, -0.2) is 14.2 Å². The van der Waals surface area contributed by atoms with Crippen molar-refractivity contribution in [1.82, 2.24) is 0 Å². The lowest BCUT2D eigenvalue weighted by Gasteiger charge is -2.11. The third-order valence-electron chi connectivity index (χ3n) is 3.61. The first-order valence-electron chi connectivity index (χ1n) is 8.29. The average Bonchev–Trinajstić information content (AvgIpc) is 2.99. The molecule has 0 saturated carbocycles. The lowest BCUT2D eigenvalue weighted by Crippen LogP contribution is -2.06. The molecule has 0 bridgehead atoms. The van der Waals surface area contributed by atoms with E-state index in [2.05, 4.69) is 4.99 Å². The predicted octanol–water partition coefficient (Wildman–Crippen LogP) is 3.97. The molecular formula is C20H18FNO4. The second-order valence-corrected chi connectivity index (χ2v) is 5.39. The van der Waals surface area contributed by atoms with Gasteiger partial charge in [-0.2, -0.15) is 0 Å². The standard InChI is InChI=1S/C20H18FNO4/c1-3-24-17-10-9-14(12-18(17)25-4-2)19-22-16(20(23)26-19)11-13-7-5-6-8-15(13)21/h5-12H,3-4H2,1-2H3/b16-11+. The number of cyclic esters (lactones) is 1. The quantitative estimate of drug-likeness (QED) is 0.581. The largest absolute Gasteiger partial charge is 0.490 e. The third-order valence-corrected chi connectivity index (χ3v) is 3.61. The Morgan fingerprint density at radius 1 is 1.08 bits per heavy atom. The molecule has 2 aromatic carbocycles. The predicted molar refractivity (Wildman–Crippen MR) is 95.8 cm³/mol. The molecule has 5 nitrogen and oxygen atoms in total. The van der Waals surface area contributed by atoms with Crippen LogP contribution >= 0.6 is 0 Å². The first kappa shape index (κ1) is 17.7. The highest BCUT2D eigenvalue weighted by molar-refractivity contribution is 6.13. The van der Waals surface area contributed by atoms with Crippen molar-refractivity contribution in [3.8, 4) is 11.5 Å². The average molecular weight is 355 g/mol. The maximum Gasteiger partial charge on any atom is 0.363 e. The van der Waals surface area contributed by atoms with Crippen LogP contribution in [0.1, 0.15) is 25.0 Å². The number of rotatable bonds is 6. The van der Waals surface area contributed by atoms with E-state index in [1.54, 1.807) is 36.4 Å². The summed E-state index contributed by atoms with van der Waals surface area (Å²) in [6, 6.07) is 11.3. The summed E-state index contributed by atoms with van der Waals surface area (Å²) in [5.74, 6) is 0.218. The summed E-state index contributed by atoms with van der Waals surface area (Å²) in [7, 11) is 0. The second-order valence-electron chi connectivity index (χ2n) is 5.39. The van der Waals surface area contributed by atoms with Crippen LogP contribution in [0.2, 0.25) is 0 Å². The Morgan fingerprint density at radius 3 is 2.54 bits per heavy atom. The topological polar surface area (TPSA) is 57.1 Å². The summed E-state index contributed by atoms with van der Waals surface area (Å²) in [6.07, 6.45) is 1.36. The van der Waals surface area contributed by atoms with Gasteiger partial charge in [-0.1, -0.05) is 18.2 Å². The van der Waals surface area contributed by atoms with Crippen molar-refractivity contribution in [2.45, 2.75) is 13.8 Å². The number of halogens is 1. The maximum atomic E-state index is 13.8. The minimum Gasteiger partial charge on any atom is -0.490 e. The SMILES string of the molecule is CCOc1ccc(C2=N/C(=C/c3ccccc3F)C(=O)O2)cc1OCC. The van der Waals surface area contributed by atoms with Crippen molar-refractivity contribution in [2.75, 3.05) is 13.2 Å². The van der Waals surface area contributed by atoms with Gasteiger partial charge in [-0.05, 0) is 44.2 Å². The molecule has 0 N–H and O–H groups in total. The molecule has 26 heavy (non-hydrogen) atoms. The van der Waals surface area contributed by atoms with Gasteiger partial charge in [0.1, 0.15) is 5.82 Å². The molecule has 0 aliphatic carbocycles. The van der Waals surface area contributed by atoms with Gasteiger partial charge in [0, 0.05) is 11.1 Å². The fraction of sp³-hybridized carbons (Fsp3) is 0.200. The van der Waals surface area contributed by atoms with Gasteiger partial charge >= 0.3 is 5.97 Å². The Hall–Kier alpha value is -3.15. The fourth-order valence-electron chi connectivity index (χ4n) is 2.46. The van der Waals surface area contributed by atoms with E-state index >= 15 is 0 Å². The Morgan fingerprint density at radius 2 is 1.81 bits per heavy atom. The van der Waals surface area contributed by atoms with Crippen LogP contribution < -0.4 is 9.47 Å². The number of aliphatic imine (C=N–C) groups is 1. The molecule has 6 heteroatoms. The molecule has 1 aliphatic heterocycles. The normalized spacial score (nSPS) is 15.0. The van der Waals surface area contributed by atoms with E-state index in [0.29, 0.717) is 30.3 Å². The lowest BCUT2D eigenvalue weighted by molar-refractivity contribution is -0.129. The van der Waals surface area contributed by atoms with Crippen molar-refractivity contribution < 1.29 is 23.4 Å². The van der Waals surface area contributed by atoms with Crippen LogP contribution in [-0.4, -0.2) is 25.1 Å². The molecule has 0 aromatic heterocycles. The van der Waals surface area contributed by atoms with Gasteiger partial charge in [-0.15, -0.1) is 0 Å². The molecule has 0 atom stereocenters. The summed E-state index contributed by atoms with van der Waals surface area (Å²) in [5, 5.41) is 0. The summed E-state index contributed by atoms with van der Waals surface area (Å²) in [6.45, 7) is 4.72. The summed E-state index contributed by atoms with van der Waals surface area (Å²) < 4.78 is 30.1. The Labute approximate surface area is 150 Å². The van der Waals surface area contributed by atoms with Crippen LogP contribution in [0.4, 0.5) is 4.39 Å². The molecule has 2 aromatic rings. The van der Waals surface area contributed by atoms with Crippen molar-refractivity contribution in [3.63, 3.8) is 0 Å². The van der Waals surface area contributed by atoms with E-state index in [1.807, 2.05) is 13.8 Å². The van der Waals surface area contributed by atoms with E-state index in [4.69, 9.17) is 14.2 Å². The van der Waals surface area contributed by atoms with E-state index in [-0.39, 0.29) is 17.2 Å². The molecule has 1 heterocycles. The van der Waals surface area contributed by atoms with E-state index in [9.17, 15) is 9.18 Å². The van der Waals surface area contributed by atoms with Crippen molar-refractivity contribution in [3.05, 3.63) is 65.1 Å². The molecule has 0 fully saturated rings. The van der Waals surface area contributed by atoms with Crippen molar-refractivity contribution in [1.29, 1.82) is 0 Å². The van der Waals surface area contributed by atoms with Crippen molar-refractivity contribution >= 4 is 17.9 Å². The lowest BCUT2D eigenvalue weighted by atomic mass is 10.2. The van der Waals surface area contributed by atoms with Gasteiger partial charge in [-0.3, -0.25) is 0 Å². The van der Waals surface area contributed by atoms with Crippen LogP contribution in [0.3, 0.4) is 0 Å². The van der Waals surface area contributed by atoms with Gasteiger partial charge in [0.25, 0.3) is 0 Å². The molecular weight excluding hydrogens is 337 g/mol. The number of benzene rings is 2. The molecule has 0 saturated heterocycles. The van der Waals surface area contributed by atoms with E-state index < -0.39 is 11.8 Å². The minimum atomic E-state index is -0.630. The number of carbonyl (C=O) groups excluding carboxylic acids is 1. The smallest absolute Gasteiger partial charge is 0.363 e. The second kappa shape index (κ2) is 7.82. The highest BCUT2D eigenvalue weighted by Crippen LogP contribution is 2.30. The zero-order valence-electron chi connectivity index (χ0n) is 14.5. The van der Waals surface area contributed by atoms with Gasteiger partial charge in [0.2, 0.25) is 5.90 Å². The highest BCUT2D eigenvalue weighted by Gasteiger charge is 2.25. The summed E-state index contributed by atoms with van der Waals surface area (Å²) in [5.41, 5.74) is 0.880. The monoisotopic (exact) mass is 355 g/mol. The Balaban J connectivity index is 1.93. The molecule has 0 spiro atoms. The highest BCUT2D eigenvalue weighted by atomic mass is 19.1. The van der Waals surface area contributed by atoms with Crippen LogP contribution in [-0.2, 0) is 9.53 Å². The summed E-state index contributed by atoms with van der Waals surface area (Å²) in [4.78, 5) is 16.3. The zero-order chi connectivity index (χ0) is 18.5. The van der Waals surface area contributed by atoms with Crippen LogP contribution in [0.15, 0.2) is 53.2 Å². The van der Waals surface area contributed by atoms with E-state index in [1.165, 1.54) is 12.1 Å². The Bertz CT molecular complexity index is 889. The van der Waals surface area contributed by atoms with Crippen LogP contribution in [0.25, 0.3) is 6.08 Å². The van der Waals surface area contributed by atoms with Crippen LogP contribution in [0.5, 0.6) is 11.5 Å². The number of hydrogen-bond acceptors (Lipinski definition) is 5. The number of ether oxygens (including phenoxy) is 3. The van der Waals surface area contributed by atoms with Crippen LogP contribution in [0, 0.1) is 5.82 Å². The molecule has 0 radical (unpaired) electrons. The fourth-order valence-corrected chi connectivity index (χ4v) is 2.46. The van der Waals surface area contributed by atoms with E-state index in [0.717, 1.165) is 0 Å². The van der Waals surface area contributed by atoms with Gasteiger partial charge in [0.05, 0.1) is 13.2 Å². The Kier molecular flexibility index (Phi) is 5.31. The summed E-state index contributed by atoms with van der Waals surface area (Å²) >= 11 is 0. The third kappa shape index (κ3) is 3.74. The molecule has 3 rings (SSSR count). The molecule has 134 valence electrons. The number of nitrogens with zero attached hydrogens (tertiary/aromatic N) is 1. The first-order chi connectivity index (χ1) is 12.6. The van der Waals surface area contributed by atoms with Gasteiger partial charge < -0.3 is 14.2 Å². The first-order valence-corrected chi connectivity index (χ1v) is 8.29. The number of esters is 1. The molecule has 0 amide bonds. The minimum absolute atomic E-state index is 0.0388. The molecule has 0 unspecified atom stereocenters. The van der Waals surface area contributed by atoms with Gasteiger partial charge in [0.15, 0.2) is 17.2 Å². The molecule has 1 aliphatic rings. The number of hydrogen-bond donors (Lipinski definition) is 0. The number of carbonyl (C=O) groups is 1.